The van der Waals surface area contributed by atoms with E-state index < -0.39 is 9.84 Å². The lowest BCUT2D eigenvalue weighted by Crippen LogP contribution is -2.22. The van der Waals surface area contributed by atoms with Crippen LogP contribution in [0.2, 0.25) is 0 Å². The van der Waals surface area contributed by atoms with Gasteiger partial charge in [-0.1, -0.05) is 36.4 Å². The van der Waals surface area contributed by atoms with E-state index >= 15 is 0 Å². The molecular formula is C21H23N3O3S. The number of hydrogen-bond acceptors (Lipinski definition) is 4. The van der Waals surface area contributed by atoms with Gasteiger partial charge in [0.05, 0.1) is 5.75 Å². The molecule has 0 aliphatic rings. The van der Waals surface area contributed by atoms with Crippen LogP contribution in [0.25, 0.3) is 0 Å². The number of aromatic nitrogens is 2. The highest BCUT2D eigenvalue weighted by molar-refractivity contribution is 7.89. The molecule has 0 atom stereocenters. The second-order valence-electron chi connectivity index (χ2n) is 6.87. The zero-order valence-corrected chi connectivity index (χ0v) is 16.7. The van der Waals surface area contributed by atoms with Gasteiger partial charge in [0.15, 0.2) is 9.84 Å². The van der Waals surface area contributed by atoms with Gasteiger partial charge in [-0.05, 0) is 35.7 Å². The SMILES string of the molecule is Cc1nccn1Cc1cccc(CNC(=O)c2ccc(CS(C)(=O)=O)cc2)c1. The number of imidazole rings is 1. The molecule has 1 aromatic heterocycles. The Morgan fingerprint density at radius 3 is 2.43 bits per heavy atom. The van der Waals surface area contributed by atoms with E-state index in [4.69, 9.17) is 0 Å². The number of nitrogens with zero attached hydrogens (tertiary/aromatic N) is 2. The molecule has 0 fully saturated rings. The van der Waals surface area contributed by atoms with Crippen LogP contribution in [-0.2, 0) is 28.7 Å². The summed E-state index contributed by atoms with van der Waals surface area (Å²) in [6.45, 7) is 3.11. The van der Waals surface area contributed by atoms with Crippen molar-refractivity contribution >= 4 is 15.7 Å². The summed E-state index contributed by atoms with van der Waals surface area (Å²) < 4.78 is 24.7. The highest BCUT2D eigenvalue weighted by Gasteiger charge is 2.08. The molecule has 0 bridgehead atoms. The molecule has 28 heavy (non-hydrogen) atoms. The summed E-state index contributed by atoms with van der Waals surface area (Å²) in [5.74, 6) is 0.734. The molecule has 0 saturated carbocycles. The van der Waals surface area contributed by atoms with Crippen molar-refractivity contribution < 1.29 is 13.2 Å². The van der Waals surface area contributed by atoms with E-state index in [-0.39, 0.29) is 11.7 Å². The summed E-state index contributed by atoms with van der Waals surface area (Å²) in [7, 11) is -3.09. The first kappa shape index (κ1) is 19.8. The van der Waals surface area contributed by atoms with Crippen LogP contribution >= 0.6 is 0 Å². The van der Waals surface area contributed by atoms with Gasteiger partial charge in [-0.25, -0.2) is 13.4 Å². The van der Waals surface area contributed by atoms with Crippen molar-refractivity contribution in [2.45, 2.75) is 25.8 Å². The van der Waals surface area contributed by atoms with Gasteiger partial charge in [-0.3, -0.25) is 4.79 Å². The molecule has 1 amide bonds. The number of amides is 1. The summed E-state index contributed by atoms with van der Waals surface area (Å²) >= 11 is 0. The van der Waals surface area contributed by atoms with Crippen molar-refractivity contribution in [3.05, 3.63) is 89.0 Å². The lowest BCUT2D eigenvalue weighted by molar-refractivity contribution is 0.0951. The van der Waals surface area contributed by atoms with Crippen LogP contribution in [0.1, 0.15) is 32.9 Å². The Balaban J connectivity index is 1.60. The van der Waals surface area contributed by atoms with Gasteiger partial charge in [-0.2, -0.15) is 0 Å². The largest absolute Gasteiger partial charge is 0.348 e. The van der Waals surface area contributed by atoms with E-state index in [9.17, 15) is 13.2 Å². The highest BCUT2D eigenvalue weighted by atomic mass is 32.2. The van der Waals surface area contributed by atoms with Crippen LogP contribution in [0.3, 0.4) is 0 Å². The molecule has 0 aliphatic heterocycles. The first-order valence-corrected chi connectivity index (χ1v) is 11.0. The number of carbonyl (C=O) groups is 1. The number of benzene rings is 2. The number of hydrogen-bond donors (Lipinski definition) is 1. The highest BCUT2D eigenvalue weighted by Crippen LogP contribution is 2.10. The molecule has 0 unspecified atom stereocenters. The number of sulfone groups is 1. The number of carbonyl (C=O) groups excluding carboxylic acids is 1. The van der Waals surface area contributed by atoms with E-state index in [1.165, 1.54) is 6.26 Å². The number of aryl methyl sites for hydroxylation is 1. The molecule has 6 nitrogen and oxygen atoms in total. The van der Waals surface area contributed by atoms with E-state index in [1.807, 2.05) is 31.3 Å². The zero-order chi connectivity index (χ0) is 20.1. The molecule has 1 N–H and O–H groups in total. The van der Waals surface area contributed by atoms with Crippen molar-refractivity contribution in [2.75, 3.05) is 6.26 Å². The summed E-state index contributed by atoms with van der Waals surface area (Å²) in [6.07, 6.45) is 4.91. The Bertz CT molecular complexity index is 1070. The van der Waals surface area contributed by atoms with Crippen molar-refractivity contribution in [1.82, 2.24) is 14.9 Å². The third-order valence-electron chi connectivity index (χ3n) is 4.37. The number of rotatable bonds is 7. The third-order valence-corrected chi connectivity index (χ3v) is 5.22. The van der Waals surface area contributed by atoms with Crippen molar-refractivity contribution in [1.29, 1.82) is 0 Å². The molecule has 2 aromatic carbocycles. The Kier molecular flexibility index (Phi) is 5.94. The second-order valence-corrected chi connectivity index (χ2v) is 9.01. The van der Waals surface area contributed by atoms with Crippen LogP contribution in [0.5, 0.6) is 0 Å². The first-order valence-electron chi connectivity index (χ1n) is 8.90. The number of nitrogens with one attached hydrogen (secondary N) is 1. The van der Waals surface area contributed by atoms with Gasteiger partial charge in [0.2, 0.25) is 0 Å². The van der Waals surface area contributed by atoms with Crippen LogP contribution in [0.4, 0.5) is 0 Å². The lowest BCUT2D eigenvalue weighted by atomic mass is 10.1. The quantitative estimate of drug-likeness (QED) is 0.665. The molecule has 0 spiro atoms. The minimum absolute atomic E-state index is 0.0297. The summed E-state index contributed by atoms with van der Waals surface area (Å²) in [6, 6.07) is 14.7. The normalized spacial score (nSPS) is 11.4. The van der Waals surface area contributed by atoms with Gasteiger partial charge in [0, 0.05) is 37.3 Å². The molecule has 0 aliphatic carbocycles. The van der Waals surface area contributed by atoms with Crippen LogP contribution in [-0.4, -0.2) is 30.1 Å². The fourth-order valence-electron chi connectivity index (χ4n) is 2.94. The first-order chi connectivity index (χ1) is 13.3. The van der Waals surface area contributed by atoms with E-state index in [0.717, 1.165) is 23.5 Å². The Morgan fingerprint density at radius 1 is 1.07 bits per heavy atom. The van der Waals surface area contributed by atoms with Crippen molar-refractivity contribution in [3.63, 3.8) is 0 Å². The zero-order valence-electron chi connectivity index (χ0n) is 15.9. The molecule has 146 valence electrons. The van der Waals surface area contributed by atoms with Gasteiger partial charge >= 0.3 is 0 Å². The predicted octanol–water partition coefficient (Wildman–Crippen LogP) is 2.71. The summed E-state index contributed by atoms with van der Waals surface area (Å²) in [4.78, 5) is 16.6. The Morgan fingerprint density at radius 2 is 1.79 bits per heavy atom. The average molecular weight is 398 g/mol. The van der Waals surface area contributed by atoms with Gasteiger partial charge < -0.3 is 9.88 Å². The van der Waals surface area contributed by atoms with Gasteiger partial charge in [0.25, 0.3) is 5.91 Å². The average Bonchev–Trinajstić information content (AvgIpc) is 3.04. The third kappa shape index (κ3) is 5.53. The predicted molar refractivity (Wildman–Crippen MR) is 109 cm³/mol. The van der Waals surface area contributed by atoms with E-state index in [2.05, 4.69) is 20.9 Å². The topological polar surface area (TPSA) is 81.1 Å². The van der Waals surface area contributed by atoms with E-state index in [0.29, 0.717) is 17.7 Å². The second kappa shape index (κ2) is 8.39. The molecule has 0 radical (unpaired) electrons. The van der Waals surface area contributed by atoms with Crippen molar-refractivity contribution in [3.8, 4) is 0 Å². The minimum atomic E-state index is -3.09. The summed E-state index contributed by atoms with van der Waals surface area (Å²) in [5.41, 5.74) is 3.32. The van der Waals surface area contributed by atoms with Gasteiger partial charge in [-0.15, -0.1) is 0 Å². The summed E-state index contributed by atoms with van der Waals surface area (Å²) in [5, 5.41) is 2.90. The standard InChI is InChI=1S/C21H23N3O3S/c1-16-22-10-11-24(16)14-19-5-3-4-18(12-19)13-23-21(25)20-8-6-17(7-9-20)15-28(2,26)27/h3-12H,13-15H2,1-2H3,(H,23,25). The lowest BCUT2D eigenvalue weighted by Gasteiger charge is -2.09. The van der Waals surface area contributed by atoms with Crippen LogP contribution in [0, 0.1) is 6.92 Å². The van der Waals surface area contributed by atoms with Crippen LogP contribution < -0.4 is 5.32 Å². The maximum absolute atomic E-state index is 12.4. The Hall–Kier alpha value is -2.93. The fourth-order valence-corrected chi connectivity index (χ4v) is 3.74. The molecule has 3 rings (SSSR count). The smallest absolute Gasteiger partial charge is 0.251 e. The monoisotopic (exact) mass is 397 g/mol. The van der Waals surface area contributed by atoms with Gasteiger partial charge in [0.1, 0.15) is 5.82 Å². The molecule has 7 heteroatoms. The molecule has 0 saturated heterocycles. The van der Waals surface area contributed by atoms with Crippen LogP contribution in [0.15, 0.2) is 60.9 Å². The molecule has 3 aromatic rings. The Labute approximate surface area is 165 Å². The van der Waals surface area contributed by atoms with E-state index in [1.54, 1.807) is 30.5 Å². The molecule has 1 heterocycles. The fraction of sp³-hybridized carbons (Fsp3) is 0.238. The minimum Gasteiger partial charge on any atom is -0.348 e. The maximum Gasteiger partial charge on any atom is 0.251 e. The maximum atomic E-state index is 12.4. The molecular weight excluding hydrogens is 374 g/mol. The van der Waals surface area contributed by atoms with Crippen molar-refractivity contribution in [2.24, 2.45) is 0 Å².